The van der Waals surface area contributed by atoms with Gasteiger partial charge in [0.25, 0.3) is 0 Å². The van der Waals surface area contributed by atoms with Crippen molar-refractivity contribution in [3.8, 4) is 0 Å². The molecule has 0 saturated heterocycles. The summed E-state index contributed by atoms with van der Waals surface area (Å²) in [7, 11) is 0. The summed E-state index contributed by atoms with van der Waals surface area (Å²) < 4.78 is 2.50. The van der Waals surface area contributed by atoms with Crippen LogP contribution in [-0.4, -0.2) is 15.7 Å². The first-order valence-corrected chi connectivity index (χ1v) is 4.35. The molecule has 1 aromatic heterocycles. The zero-order chi connectivity index (χ0) is 9.68. The Morgan fingerprint density at radius 1 is 1.85 bits per heavy atom. The Balaban J connectivity index is 2.30. The largest absolute Gasteiger partial charge is 0.356 e. The van der Waals surface area contributed by atoms with Gasteiger partial charge in [-0.05, 0) is 15.9 Å². The highest BCUT2D eigenvalue weighted by Crippen LogP contribution is 2.06. The van der Waals surface area contributed by atoms with Gasteiger partial charge in [0.15, 0.2) is 0 Å². The fourth-order valence-corrected chi connectivity index (χ4v) is 1.11. The molecule has 0 unspecified atom stereocenters. The highest BCUT2D eigenvalue weighted by molar-refractivity contribution is 9.10. The van der Waals surface area contributed by atoms with E-state index in [1.165, 1.54) is 0 Å². The van der Waals surface area contributed by atoms with Crippen LogP contribution >= 0.6 is 15.9 Å². The van der Waals surface area contributed by atoms with Gasteiger partial charge in [-0.1, -0.05) is 5.59 Å². The van der Waals surface area contributed by atoms with E-state index >= 15 is 0 Å². The second-order valence-electron chi connectivity index (χ2n) is 2.26. The van der Waals surface area contributed by atoms with Crippen LogP contribution in [-0.2, 0) is 16.2 Å². The lowest BCUT2D eigenvalue weighted by Crippen LogP contribution is -2.26. The smallest absolute Gasteiger partial charge is 0.328 e. The Labute approximate surface area is 83.1 Å². The van der Waals surface area contributed by atoms with E-state index in [0.717, 1.165) is 4.47 Å². The van der Waals surface area contributed by atoms with Crippen molar-refractivity contribution in [2.75, 3.05) is 0 Å². The Bertz CT molecular complexity index is 288. The van der Waals surface area contributed by atoms with Crippen LogP contribution in [0.3, 0.4) is 0 Å². The molecule has 6 nitrogen and oxygen atoms in total. The number of hydrogen-bond donors (Lipinski definition) is 2. The third-order valence-corrected chi connectivity index (χ3v) is 1.73. The van der Waals surface area contributed by atoms with Gasteiger partial charge in [-0.3, -0.25) is 9.48 Å². The highest BCUT2D eigenvalue weighted by atomic mass is 79.9. The second kappa shape index (κ2) is 4.95. The first-order valence-electron chi connectivity index (χ1n) is 3.55. The monoisotopic (exact) mass is 248 g/mol. The third kappa shape index (κ3) is 3.53. The number of aryl methyl sites for hydroxylation is 1. The van der Waals surface area contributed by atoms with E-state index in [9.17, 15) is 4.79 Å². The summed E-state index contributed by atoms with van der Waals surface area (Å²) >= 11 is 3.24. The molecule has 3 N–H and O–H groups in total. The number of carbonyl (C=O) groups excluding carboxylic acids is 1. The van der Waals surface area contributed by atoms with Crippen molar-refractivity contribution in [3.05, 3.63) is 16.9 Å². The van der Waals surface area contributed by atoms with Crippen LogP contribution in [0, 0.1) is 0 Å². The minimum Gasteiger partial charge on any atom is -0.356 e. The maximum Gasteiger partial charge on any atom is 0.328 e. The number of carbonyl (C=O) groups is 1. The van der Waals surface area contributed by atoms with Gasteiger partial charge in [0, 0.05) is 6.20 Å². The van der Waals surface area contributed by atoms with Crippen LogP contribution in [0.1, 0.15) is 6.42 Å². The summed E-state index contributed by atoms with van der Waals surface area (Å²) in [6.07, 6.45) is 3.63. The number of nitrogens with one attached hydrogen (secondary N) is 1. The SMILES string of the molecule is NNOC(=O)CCn1cc(Br)cn1. The van der Waals surface area contributed by atoms with Crippen molar-refractivity contribution in [1.29, 1.82) is 0 Å². The number of aromatic nitrogens is 2. The van der Waals surface area contributed by atoms with Gasteiger partial charge in [0.05, 0.1) is 23.6 Å². The normalized spacial score (nSPS) is 10.0. The molecule has 0 aromatic carbocycles. The van der Waals surface area contributed by atoms with Crippen LogP contribution < -0.4 is 11.4 Å². The molecule has 0 aliphatic carbocycles. The number of nitrogens with two attached hydrogens (primary N) is 1. The summed E-state index contributed by atoms with van der Waals surface area (Å²) in [5, 5.41) is 3.96. The Morgan fingerprint density at radius 3 is 3.15 bits per heavy atom. The predicted octanol–water partition coefficient (Wildman–Crippen LogP) is -0.0428. The van der Waals surface area contributed by atoms with Crippen LogP contribution in [0.25, 0.3) is 0 Å². The molecular formula is C6H9BrN4O2. The molecule has 0 aliphatic heterocycles. The van der Waals surface area contributed by atoms with Crippen molar-refractivity contribution in [3.63, 3.8) is 0 Å². The number of nitrogens with zero attached hydrogens (tertiary/aromatic N) is 2. The maximum atomic E-state index is 10.8. The lowest BCUT2D eigenvalue weighted by molar-refractivity contribution is -0.151. The number of rotatable bonds is 4. The number of halogens is 1. The number of hydrogen-bond acceptors (Lipinski definition) is 5. The molecule has 1 aromatic rings. The van der Waals surface area contributed by atoms with E-state index in [0.29, 0.717) is 6.54 Å². The van der Waals surface area contributed by atoms with Gasteiger partial charge >= 0.3 is 5.97 Å². The van der Waals surface area contributed by atoms with Gasteiger partial charge in [-0.15, -0.1) is 0 Å². The van der Waals surface area contributed by atoms with Gasteiger partial charge in [-0.25, -0.2) is 5.84 Å². The summed E-state index contributed by atoms with van der Waals surface area (Å²) in [5.41, 5.74) is 1.82. The Hall–Kier alpha value is -0.920. The van der Waals surface area contributed by atoms with Crippen molar-refractivity contribution < 1.29 is 9.63 Å². The van der Waals surface area contributed by atoms with Crippen LogP contribution in [0.5, 0.6) is 0 Å². The zero-order valence-corrected chi connectivity index (χ0v) is 8.32. The lowest BCUT2D eigenvalue weighted by Gasteiger charge is -2.00. The topological polar surface area (TPSA) is 82.2 Å². The highest BCUT2D eigenvalue weighted by Gasteiger charge is 2.03. The van der Waals surface area contributed by atoms with Crippen LogP contribution in [0.2, 0.25) is 0 Å². The summed E-state index contributed by atoms with van der Waals surface area (Å²) in [6, 6.07) is 0. The summed E-state index contributed by atoms with van der Waals surface area (Å²) in [4.78, 5) is 15.1. The van der Waals surface area contributed by atoms with Gasteiger partial charge in [-0.2, -0.15) is 5.10 Å². The molecule has 13 heavy (non-hydrogen) atoms. The Kier molecular flexibility index (Phi) is 3.87. The number of hydrazine groups is 1. The first-order chi connectivity index (χ1) is 6.22. The average molecular weight is 249 g/mol. The minimum atomic E-state index is -0.422. The quantitative estimate of drug-likeness (QED) is 0.577. The van der Waals surface area contributed by atoms with Crippen molar-refractivity contribution in [2.24, 2.45) is 5.84 Å². The third-order valence-electron chi connectivity index (χ3n) is 1.32. The van der Waals surface area contributed by atoms with Crippen molar-refractivity contribution >= 4 is 21.9 Å². The molecule has 72 valence electrons. The van der Waals surface area contributed by atoms with Crippen molar-refractivity contribution in [2.45, 2.75) is 13.0 Å². The Morgan fingerprint density at radius 2 is 2.62 bits per heavy atom. The van der Waals surface area contributed by atoms with E-state index in [-0.39, 0.29) is 6.42 Å². The molecule has 1 rings (SSSR count). The molecule has 0 spiro atoms. The summed E-state index contributed by atoms with van der Waals surface area (Å²) in [5.74, 6) is 4.36. The molecule has 0 atom stereocenters. The molecule has 0 saturated carbocycles. The van der Waals surface area contributed by atoms with E-state index in [2.05, 4.69) is 25.9 Å². The molecule has 0 radical (unpaired) electrons. The predicted molar refractivity (Wildman–Crippen MR) is 48.0 cm³/mol. The fourth-order valence-electron chi connectivity index (χ4n) is 0.783. The standard InChI is InChI=1S/C6H9BrN4O2/c7-5-3-9-11(4-5)2-1-6(12)13-10-8/h3-4,10H,1-2,8H2. The second-order valence-corrected chi connectivity index (χ2v) is 3.18. The van der Waals surface area contributed by atoms with Crippen LogP contribution in [0.4, 0.5) is 0 Å². The fraction of sp³-hybridized carbons (Fsp3) is 0.333. The zero-order valence-electron chi connectivity index (χ0n) is 6.74. The van der Waals surface area contributed by atoms with Gasteiger partial charge in [0.2, 0.25) is 0 Å². The molecule has 0 bridgehead atoms. The maximum absolute atomic E-state index is 10.8. The molecule has 1 heterocycles. The van der Waals surface area contributed by atoms with E-state index in [1.54, 1.807) is 17.1 Å². The van der Waals surface area contributed by atoms with E-state index in [1.807, 2.05) is 5.59 Å². The molecule has 7 heteroatoms. The molecular weight excluding hydrogens is 240 g/mol. The summed E-state index contributed by atoms with van der Waals surface area (Å²) in [6.45, 7) is 0.464. The van der Waals surface area contributed by atoms with Gasteiger partial charge < -0.3 is 4.84 Å². The lowest BCUT2D eigenvalue weighted by atomic mass is 10.4. The average Bonchev–Trinajstić information content (AvgIpc) is 2.49. The van der Waals surface area contributed by atoms with Gasteiger partial charge in [0.1, 0.15) is 0 Å². The molecule has 0 amide bonds. The van der Waals surface area contributed by atoms with Crippen molar-refractivity contribution in [1.82, 2.24) is 15.4 Å². The molecule has 0 fully saturated rings. The first kappa shape index (κ1) is 10.2. The molecule has 0 aliphatic rings. The van der Waals surface area contributed by atoms with E-state index < -0.39 is 5.97 Å². The minimum absolute atomic E-state index is 0.221. The van der Waals surface area contributed by atoms with Crippen LogP contribution in [0.15, 0.2) is 16.9 Å². The van der Waals surface area contributed by atoms with E-state index in [4.69, 9.17) is 5.84 Å².